The number of nitrogens with one attached hydrogen (secondary N) is 4. The lowest BCUT2D eigenvalue weighted by Crippen LogP contribution is -2.43. The van der Waals surface area contributed by atoms with Gasteiger partial charge in [-0.1, -0.05) is 73.7 Å². The number of imidazole rings is 1. The molecule has 5 aromatic rings. The van der Waals surface area contributed by atoms with Gasteiger partial charge < -0.3 is 40.9 Å². The van der Waals surface area contributed by atoms with Crippen molar-refractivity contribution < 1.29 is 19.8 Å². The van der Waals surface area contributed by atoms with Crippen LogP contribution in [0.4, 0.5) is 16.6 Å². The maximum atomic E-state index is 12.8. The third kappa shape index (κ3) is 7.67. The highest BCUT2D eigenvalue weighted by Crippen LogP contribution is 2.35. The molecule has 52 heavy (non-hydrogen) atoms. The summed E-state index contributed by atoms with van der Waals surface area (Å²) in [6.45, 7) is 3.68. The van der Waals surface area contributed by atoms with Gasteiger partial charge in [0.25, 0.3) is 0 Å². The molecule has 7 rings (SSSR count). The maximum Gasteiger partial charge on any atom is 0.315 e. The Balaban J connectivity index is 1.16. The molecule has 1 unspecified atom stereocenters. The van der Waals surface area contributed by atoms with Crippen molar-refractivity contribution in [2.24, 2.45) is 0 Å². The van der Waals surface area contributed by atoms with E-state index in [-0.39, 0.29) is 30.3 Å². The number of carbonyl (C=O) groups is 2. The average Bonchev–Trinajstić information content (AvgIpc) is 3.90. The lowest BCUT2D eigenvalue weighted by atomic mass is 9.91. The summed E-state index contributed by atoms with van der Waals surface area (Å²) in [4.78, 5) is 45.9. The number of aliphatic hydroxyl groups is 2. The molecule has 0 radical (unpaired) electrons. The van der Waals surface area contributed by atoms with Crippen molar-refractivity contribution in [3.63, 3.8) is 0 Å². The Labute approximate surface area is 301 Å². The molecule has 4 heterocycles. The number of fused-ring (bicyclic) bond motifs is 1. The molecule has 0 bridgehead atoms. The second-order valence-electron chi connectivity index (χ2n) is 13.3. The molecule has 14 heteroatoms. The Morgan fingerprint density at radius 2 is 1.63 bits per heavy atom. The van der Waals surface area contributed by atoms with Gasteiger partial charge in [-0.05, 0) is 36.1 Å². The molecule has 14 nitrogen and oxygen atoms in total. The van der Waals surface area contributed by atoms with Crippen LogP contribution in [0.5, 0.6) is 0 Å². The van der Waals surface area contributed by atoms with Crippen LogP contribution in [0.15, 0.2) is 91.4 Å². The van der Waals surface area contributed by atoms with E-state index in [4.69, 9.17) is 15.0 Å². The normalized spacial score (nSPS) is 21.4. The van der Waals surface area contributed by atoms with Crippen LogP contribution in [0.3, 0.4) is 0 Å². The van der Waals surface area contributed by atoms with E-state index in [2.05, 4.69) is 50.5 Å². The number of carbonyl (C=O) groups excluding carboxylic acids is 2. The van der Waals surface area contributed by atoms with E-state index in [1.807, 2.05) is 59.5 Å². The fourth-order valence-corrected chi connectivity index (χ4v) is 7.12. The zero-order valence-electron chi connectivity index (χ0n) is 29.0. The SMILES string of the molecule is CCC(=O)NC1C[C@@H](n2cnc3c(NCC(c4ccccc4)c4ccccc4)nc(N4CC[C@@H](NC(=O)NCc5ccccn5)C4)nc32)[C@H](O)[C@@H]1O. The summed E-state index contributed by atoms with van der Waals surface area (Å²) in [7, 11) is 0. The highest BCUT2D eigenvalue weighted by Gasteiger charge is 2.44. The van der Waals surface area contributed by atoms with Gasteiger partial charge in [-0.2, -0.15) is 9.97 Å². The number of anilines is 2. The number of rotatable bonds is 12. The van der Waals surface area contributed by atoms with Gasteiger partial charge in [0, 0.05) is 44.2 Å². The molecule has 1 aliphatic heterocycles. The number of aliphatic hydroxyl groups excluding tert-OH is 2. The molecule has 2 aliphatic rings. The van der Waals surface area contributed by atoms with Gasteiger partial charge in [-0.25, -0.2) is 9.78 Å². The Hall–Kier alpha value is -5.60. The van der Waals surface area contributed by atoms with E-state index in [0.29, 0.717) is 62.0 Å². The van der Waals surface area contributed by atoms with E-state index >= 15 is 0 Å². The number of hydrogen-bond acceptors (Lipinski definition) is 10. The molecule has 6 N–H and O–H groups in total. The molecule has 2 aromatic carbocycles. The van der Waals surface area contributed by atoms with Crippen molar-refractivity contribution in [2.75, 3.05) is 29.9 Å². The minimum absolute atomic E-state index is 0.0117. The van der Waals surface area contributed by atoms with Gasteiger partial charge in [0.2, 0.25) is 11.9 Å². The van der Waals surface area contributed by atoms with Gasteiger partial charge >= 0.3 is 6.03 Å². The summed E-state index contributed by atoms with van der Waals surface area (Å²) >= 11 is 0. The van der Waals surface area contributed by atoms with Crippen LogP contribution in [0.25, 0.3) is 11.2 Å². The fraction of sp³-hybridized carbons (Fsp3) is 0.368. The summed E-state index contributed by atoms with van der Waals surface area (Å²) in [6, 6.07) is 24.5. The van der Waals surface area contributed by atoms with Crippen molar-refractivity contribution >= 4 is 34.9 Å². The smallest absolute Gasteiger partial charge is 0.315 e. The topological polar surface area (TPSA) is 182 Å². The molecule has 1 aliphatic carbocycles. The lowest BCUT2D eigenvalue weighted by Gasteiger charge is -2.22. The summed E-state index contributed by atoms with van der Waals surface area (Å²) in [5.74, 6) is 0.800. The first kappa shape index (κ1) is 34.8. The Morgan fingerprint density at radius 1 is 0.904 bits per heavy atom. The lowest BCUT2D eigenvalue weighted by molar-refractivity contribution is -0.122. The number of urea groups is 1. The molecule has 3 aromatic heterocycles. The van der Waals surface area contributed by atoms with Gasteiger partial charge in [0.15, 0.2) is 17.0 Å². The van der Waals surface area contributed by atoms with Crippen molar-refractivity contribution in [1.82, 2.24) is 40.5 Å². The van der Waals surface area contributed by atoms with E-state index < -0.39 is 24.3 Å². The quantitative estimate of drug-likeness (QED) is 0.113. The van der Waals surface area contributed by atoms with Crippen molar-refractivity contribution in [1.29, 1.82) is 0 Å². The number of pyridine rings is 1. The Kier molecular flexibility index (Phi) is 10.5. The summed E-state index contributed by atoms with van der Waals surface area (Å²) in [5.41, 5.74) is 4.08. The molecule has 1 saturated heterocycles. The number of benzene rings is 2. The first-order valence-electron chi connectivity index (χ1n) is 17.8. The van der Waals surface area contributed by atoms with Crippen LogP contribution in [-0.2, 0) is 11.3 Å². The van der Waals surface area contributed by atoms with E-state index in [1.165, 1.54) is 0 Å². The predicted molar refractivity (Wildman–Crippen MR) is 197 cm³/mol. The van der Waals surface area contributed by atoms with Gasteiger partial charge in [-0.15, -0.1) is 0 Å². The molecule has 0 spiro atoms. The molecule has 5 atom stereocenters. The monoisotopic (exact) mass is 704 g/mol. The average molecular weight is 705 g/mol. The second-order valence-corrected chi connectivity index (χ2v) is 13.3. The van der Waals surface area contributed by atoms with Crippen LogP contribution in [0.1, 0.15) is 55.0 Å². The van der Waals surface area contributed by atoms with Crippen molar-refractivity contribution in [3.8, 4) is 0 Å². The zero-order valence-corrected chi connectivity index (χ0v) is 29.0. The standard InChI is InChI=1S/C38H44N10O4/c1-2-31(49)44-29-19-30(34(51)33(29)50)48-23-42-32-35(40-21-28(24-11-5-3-6-12-24)25-13-7-4-8-14-25)45-37(46-36(32)48)47-18-16-27(22-47)43-38(52)41-20-26-15-9-10-17-39-26/h3-15,17,23,27-30,33-34,50-51H,2,16,18-22H2,1H3,(H,44,49)(H,40,45,46)(H2,41,43,52)/t27-,29?,30-,33-,34+/m1/s1. The third-order valence-corrected chi connectivity index (χ3v) is 9.93. The summed E-state index contributed by atoms with van der Waals surface area (Å²) in [5, 5.41) is 34.4. The molecule has 270 valence electrons. The maximum absolute atomic E-state index is 12.8. The second kappa shape index (κ2) is 15.7. The fourth-order valence-electron chi connectivity index (χ4n) is 7.12. The number of aromatic nitrogens is 5. The van der Waals surface area contributed by atoms with Crippen molar-refractivity contribution in [2.45, 2.75) is 69.0 Å². The van der Waals surface area contributed by atoms with E-state index in [0.717, 1.165) is 16.8 Å². The minimum Gasteiger partial charge on any atom is -0.388 e. The Morgan fingerprint density at radius 3 is 2.33 bits per heavy atom. The summed E-state index contributed by atoms with van der Waals surface area (Å²) < 4.78 is 1.78. The van der Waals surface area contributed by atoms with Gasteiger partial charge in [-0.3, -0.25) is 9.78 Å². The minimum atomic E-state index is -1.15. The summed E-state index contributed by atoms with van der Waals surface area (Å²) in [6.07, 6.45) is 2.27. The van der Waals surface area contributed by atoms with Crippen LogP contribution >= 0.6 is 0 Å². The van der Waals surface area contributed by atoms with Crippen LogP contribution in [0, 0.1) is 0 Å². The van der Waals surface area contributed by atoms with Gasteiger partial charge in [0.05, 0.1) is 30.6 Å². The number of amides is 3. The number of hydrogen-bond donors (Lipinski definition) is 6. The molecular formula is C38H44N10O4. The Bertz CT molecular complexity index is 1920. The first-order chi connectivity index (χ1) is 25.4. The van der Waals surface area contributed by atoms with Crippen LogP contribution in [-0.4, -0.2) is 90.6 Å². The number of nitrogens with zero attached hydrogens (tertiary/aromatic N) is 6. The van der Waals surface area contributed by atoms with E-state index in [9.17, 15) is 19.8 Å². The molecule has 3 amide bonds. The van der Waals surface area contributed by atoms with Crippen molar-refractivity contribution in [3.05, 3.63) is 108 Å². The molecular weight excluding hydrogens is 660 g/mol. The zero-order chi connectivity index (χ0) is 36.0. The first-order valence-corrected chi connectivity index (χ1v) is 17.8. The highest BCUT2D eigenvalue weighted by atomic mass is 16.3. The molecule has 1 saturated carbocycles. The third-order valence-electron chi connectivity index (χ3n) is 9.93. The van der Waals surface area contributed by atoms with E-state index in [1.54, 1.807) is 24.0 Å². The van der Waals surface area contributed by atoms with Crippen LogP contribution < -0.4 is 26.2 Å². The largest absolute Gasteiger partial charge is 0.388 e. The molecule has 2 fully saturated rings. The van der Waals surface area contributed by atoms with Gasteiger partial charge in [0.1, 0.15) is 12.2 Å². The highest BCUT2D eigenvalue weighted by molar-refractivity contribution is 5.85. The van der Waals surface area contributed by atoms with Crippen LogP contribution in [0.2, 0.25) is 0 Å². The predicted octanol–water partition coefficient (Wildman–Crippen LogP) is 3.10.